The molecule has 3 heterocycles. The van der Waals surface area contributed by atoms with E-state index in [1.807, 2.05) is 6.07 Å². The summed E-state index contributed by atoms with van der Waals surface area (Å²) < 4.78 is 27.1. The SMILES string of the molecule is Fc1ccc(C2=CC3CCCC(C2)N3Cc2ccccc2)c(F)n1. The molecule has 0 amide bonds. The van der Waals surface area contributed by atoms with Crippen LogP contribution < -0.4 is 0 Å². The van der Waals surface area contributed by atoms with Crippen LogP contribution in [-0.4, -0.2) is 22.0 Å². The zero-order chi connectivity index (χ0) is 16.5. The third-order valence-electron chi connectivity index (χ3n) is 5.15. The maximum atomic E-state index is 14.0. The van der Waals surface area contributed by atoms with E-state index in [9.17, 15) is 8.78 Å². The standard InChI is InChI=1S/C20H20F2N2/c21-19-10-9-18(20(22)23-19)15-11-16-7-4-8-17(12-15)24(16)13-14-5-2-1-3-6-14/h1-3,5-6,9-11,16-17H,4,7-8,12-13H2. The molecule has 124 valence electrons. The van der Waals surface area contributed by atoms with Crippen LogP contribution in [0.15, 0.2) is 48.5 Å². The first kappa shape index (κ1) is 15.5. The summed E-state index contributed by atoms with van der Waals surface area (Å²) in [6.07, 6.45) is 6.37. The molecule has 2 nitrogen and oxygen atoms in total. The molecule has 0 N–H and O–H groups in total. The molecule has 2 aliphatic rings. The number of benzene rings is 1. The number of nitrogens with zero attached hydrogens (tertiary/aromatic N) is 2. The summed E-state index contributed by atoms with van der Waals surface area (Å²) in [6.45, 7) is 0.921. The number of fused-ring (bicyclic) bond motifs is 2. The zero-order valence-electron chi connectivity index (χ0n) is 13.5. The van der Waals surface area contributed by atoms with E-state index in [4.69, 9.17) is 0 Å². The van der Waals surface area contributed by atoms with Crippen LogP contribution in [-0.2, 0) is 6.54 Å². The molecule has 24 heavy (non-hydrogen) atoms. The van der Waals surface area contributed by atoms with E-state index in [1.54, 1.807) is 0 Å². The molecule has 2 bridgehead atoms. The van der Waals surface area contributed by atoms with Crippen molar-refractivity contribution >= 4 is 5.57 Å². The Hall–Kier alpha value is -2.07. The van der Waals surface area contributed by atoms with Gasteiger partial charge in [0.15, 0.2) is 0 Å². The Kier molecular flexibility index (Phi) is 4.15. The summed E-state index contributed by atoms with van der Waals surface area (Å²) >= 11 is 0. The van der Waals surface area contributed by atoms with Gasteiger partial charge < -0.3 is 0 Å². The average Bonchev–Trinajstić information content (AvgIpc) is 2.56. The second-order valence-electron chi connectivity index (χ2n) is 6.68. The van der Waals surface area contributed by atoms with E-state index in [-0.39, 0.29) is 0 Å². The highest BCUT2D eigenvalue weighted by Gasteiger charge is 2.34. The van der Waals surface area contributed by atoms with Crippen molar-refractivity contribution in [2.75, 3.05) is 0 Å². The Labute approximate surface area is 140 Å². The van der Waals surface area contributed by atoms with Crippen LogP contribution in [0.25, 0.3) is 5.57 Å². The number of halogens is 2. The quantitative estimate of drug-likeness (QED) is 0.768. The van der Waals surface area contributed by atoms with Crippen molar-refractivity contribution in [1.29, 1.82) is 0 Å². The monoisotopic (exact) mass is 326 g/mol. The minimum Gasteiger partial charge on any atom is -0.289 e. The second kappa shape index (κ2) is 6.44. The van der Waals surface area contributed by atoms with Crippen LogP contribution in [0.1, 0.15) is 36.8 Å². The van der Waals surface area contributed by atoms with Crippen molar-refractivity contribution in [3.05, 3.63) is 71.6 Å². The van der Waals surface area contributed by atoms with Crippen LogP contribution in [0.4, 0.5) is 8.78 Å². The van der Waals surface area contributed by atoms with Crippen molar-refractivity contribution in [2.24, 2.45) is 0 Å². The molecule has 1 saturated heterocycles. The molecule has 2 aromatic rings. The van der Waals surface area contributed by atoms with Gasteiger partial charge in [-0.05, 0) is 42.5 Å². The lowest BCUT2D eigenvalue weighted by Crippen LogP contribution is -2.47. The summed E-state index contributed by atoms with van der Waals surface area (Å²) in [6, 6.07) is 14.0. The van der Waals surface area contributed by atoms with E-state index in [2.05, 4.69) is 40.2 Å². The highest BCUT2D eigenvalue weighted by Crippen LogP contribution is 2.38. The second-order valence-corrected chi connectivity index (χ2v) is 6.68. The third-order valence-corrected chi connectivity index (χ3v) is 5.15. The minimum atomic E-state index is -0.765. The number of rotatable bonds is 3. The van der Waals surface area contributed by atoms with E-state index in [0.29, 0.717) is 17.6 Å². The van der Waals surface area contributed by atoms with Crippen LogP contribution in [0.2, 0.25) is 0 Å². The fraction of sp³-hybridized carbons (Fsp3) is 0.350. The fourth-order valence-electron chi connectivity index (χ4n) is 4.01. The van der Waals surface area contributed by atoms with E-state index in [1.165, 1.54) is 24.1 Å². The Morgan fingerprint density at radius 3 is 2.62 bits per heavy atom. The molecule has 4 rings (SSSR count). The van der Waals surface area contributed by atoms with Gasteiger partial charge in [-0.1, -0.05) is 42.8 Å². The van der Waals surface area contributed by atoms with Gasteiger partial charge in [0.05, 0.1) is 0 Å². The molecule has 2 atom stereocenters. The van der Waals surface area contributed by atoms with E-state index >= 15 is 0 Å². The Bertz CT molecular complexity index is 757. The lowest BCUT2D eigenvalue weighted by atomic mass is 9.82. The Morgan fingerprint density at radius 1 is 1.04 bits per heavy atom. The van der Waals surface area contributed by atoms with Crippen molar-refractivity contribution in [3.8, 4) is 0 Å². The molecule has 1 fully saturated rings. The van der Waals surface area contributed by atoms with Gasteiger partial charge in [-0.15, -0.1) is 0 Å². The highest BCUT2D eigenvalue weighted by atomic mass is 19.1. The smallest absolute Gasteiger partial charge is 0.223 e. The molecule has 1 aromatic heterocycles. The van der Waals surface area contributed by atoms with Crippen LogP contribution in [0.3, 0.4) is 0 Å². The van der Waals surface area contributed by atoms with Crippen molar-refractivity contribution in [3.63, 3.8) is 0 Å². The summed E-state index contributed by atoms with van der Waals surface area (Å²) in [7, 11) is 0. The van der Waals surface area contributed by atoms with Crippen LogP contribution >= 0.6 is 0 Å². The van der Waals surface area contributed by atoms with Crippen molar-refractivity contribution in [2.45, 2.75) is 44.3 Å². The molecule has 0 aliphatic carbocycles. The van der Waals surface area contributed by atoms with Crippen LogP contribution in [0.5, 0.6) is 0 Å². The van der Waals surface area contributed by atoms with Gasteiger partial charge in [0.1, 0.15) is 0 Å². The molecular formula is C20H20F2N2. The number of pyridine rings is 1. The first-order chi connectivity index (χ1) is 11.7. The molecule has 0 radical (unpaired) electrons. The number of hydrogen-bond donors (Lipinski definition) is 0. The Balaban J connectivity index is 1.62. The first-order valence-corrected chi connectivity index (χ1v) is 8.53. The lowest BCUT2D eigenvalue weighted by Gasteiger charge is -2.45. The molecule has 0 spiro atoms. The predicted molar refractivity (Wildman–Crippen MR) is 90.2 cm³/mol. The number of hydrogen-bond acceptors (Lipinski definition) is 2. The third kappa shape index (κ3) is 2.98. The average molecular weight is 326 g/mol. The van der Waals surface area contributed by atoms with Crippen molar-refractivity contribution < 1.29 is 8.78 Å². The topological polar surface area (TPSA) is 16.1 Å². The summed E-state index contributed by atoms with van der Waals surface area (Å²) in [5, 5.41) is 0. The number of aromatic nitrogens is 1. The molecule has 2 unspecified atom stereocenters. The van der Waals surface area contributed by atoms with Gasteiger partial charge in [-0.25, -0.2) is 0 Å². The normalized spacial score (nSPS) is 23.8. The first-order valence-electron chi connectivity index (χ1n) is 8.53. The highest BCUT2D eigenvalue weighted by molar-refractivity contribution is 5.67. The molecule has 2 aliphatic heterocycles. The van der Waals surface area contributed by atoms with E-state index in [0.717, 1.165) is 31.4 Å². The van der Waals surface area contributed by atoms with Gasteiger partial charge >= 0.3 is 0 Å². The number of piperidine rings is 1. The fourth-order valence-corrected chi connectivity index (χ4v) is 4.01. The van der Waals surface area contributed by atoms with Gasteiger partial charge in [0.25, 0.3) is 0 Å². The zero-order valence-corrected chi connectivity index (χ0v) is 13.5. The molecule has 1 aromatic carbocycles. The lowest BCUT2D eigenvalue weighted by molar-refractivity contribution is 0.0950. The summed E-state index contributed by atoms with van der Waals surface area (Å²) in [5.74, 6) is -1.46. The molecule has 4 heteroatoms. The van der Waals surface area contributed by atoms with Gasteiger partial charge in [0.2, 0.25) is 11.9 Å². The maximum Gasteiger partial charge on any atom is 0.223 e. The summed E-state index contributed by atoms with van der Waals surface area (Å²) in [5.41, 5.74) is 2.73. The van der Waals surface area contributed by atoms with E-state index < -0.39 is 11.9 Å². The minimum absolute atomic E-state index is 0.317. The summed E-state index contributed by atoms with van der Waals surface area (Å²) in [4.78, 5) is 5.87. The van der Waals surface area contributed by atoms with Gasteiger partial charge in [-0.2, -0.15) is 13.8 Å². The van der Waals surface area contributed by atoms with Gasteiger partial charge in [-0.3, -0.25) is 4.90 Å². The molecular weight excluding hydrogens is 306 g/mol. The maximum absolute atomic E-state index is 14.0. The predicted octanol–water partition coefficient (Wildman–Crippen LogP) is 4.57. The van der Waals surface area contributed by atoms with Crippen LogP contribution in [0, 0.1) is 11.9 Å². The van der Waals surface area contributed by atoms with Crippen molar-refractivity contribution in [1.82, 2.24) is 9.88 Å². The van der Waals surface area contributed by atoms with Gasteiger partial charge in [0, 0.05) is 24.2 Å². The largest absolute Gasteiger partial charge is 0.289 e. The molecule has 0 saturated carbocycles. The Morgan fingerprint density at radius 2 is 1.88 bits per heavy atom.